The summed E-state index contributed by atoms with van der Waals surface area (Å²) in [4.78, 5) is 13.1. The van der Waals surface area contributed by atoms with Crippen LogP contribution in [0.2, 0.25) is 0 Å². The van der Waals surface area contributed by atoms with Crippen LogP contribution in [0.1, 0.15) is 13.8 Å². The average molecular weight is 206 g/mol. The Balaban J connectivity index is 3.83. The smallest absolute Gasteiger partial charge is 0.334 e. The molecule has 0 unspecified atom stereocenters. The highest BCUT2D eigenvalue weighted by atomic mass is 35.5. The van der Waals surface area contributed by atoms with Gasteiger partial charge in [-0.1, -0.05) is 11.6 Å². The van der Waals surface area contributed by atoms with E-state index >= 15 is 0 Å². The quantitative estimate of drug-likeness (QED) is 0.516. The highest BCUT2D eigenvalue weighted by Gasteiger charge is 2.07. The normalized spacial score (nSPS) is 12.8. The van der Waals surface area contributed by atoms with E-state index in [0.29, 0.717) is 17.2 Å². The molecule has 13 heavy (non-hydrogen) atoms. The lowest BCUT2D eigenvalue weighted by atomic mass is 10.3. The molecule has 0 bridgehead atoms. The maximum atomic E-state index is 11.2. The van der Waals surface area contributed by atoms with Crippen LogP contribution >= 0.6 is 11.6 Å². The van der Waals surface area contributed by atoms with Gasteiger partial charge in [-0.25, -0.2) is 4.79 Å². The van der Waals surface area contributed by atoms with Gasteiger partial charge in [-0.3, -0.25) is 0 Å². The fourth-order valence-electron chi connectivity index (χ4n) is 0.570. The minimum Gasteiger partial charge on any atom is -0.461 e. The standard InChI is InChI=1S/C9H16ClNO2/c1-7(8(2)10)9(12)13-6-5-11(3)4/h5-6H2,1-4H3. The summed E-state index contributed by atoms with van der Waals surface area (Å²) >= 11 is 5.63. The number of carbonyl (C=O) groups excluding carboxylic acids is 1. The summed E-state index contributed by atoms with van der Waals surface area (Å²) in [5.41, 5.74) is 0.473. The van der Waals surface area contributed by atoms with Crippen molar-refractivity contribution >= 4 is 17.6 Å². The molecular formula is C9H16ClNO2. The number of esters is 1. The Morgan fingerprint density at radius 2 is 1.92 bits per heavy atom. The minimum absolute atomic E-state index is 0.339. The number of nitrogens with zero attached hydrogens (tertiary/aromatic N) is 1. The van der Waals surface area contributed by atoms with Gasteiger partial charge in [0.2, 0.25) is 0 Å². The van der Waals surface area contributed by atoms with E-state index in [1.165, 1.54) is 0 Å². The van der Waals surface area contributed by atoms with Crippen LogP contribution in [0.3, 0.4) is 0 Å². The molecule has 0 atom stereocenters. The Morgan fingerprint density at radius 1 is 1.38 bits per heavy atom. The predicted octanol–water partition coefficient (Wildman–Crippen LogP) is 1.62. The number of halogens is 1. The Morgan fingerprint density at radius 3 is 2.31 bits per heavy atom. The van der Waals surface area contributed by atoms with E-state index in [9.17, 15) is 4.79 Å². The van der Waals surface area contributed by atoms with Gasteiger partial charge in [0.15, 0.2) is 0 Å². The summed E-state index contributed by atoms with van der Waals surface area (Å²) in [6, 6.07) is 0. The second-order valence-corrected chi connectivity index (χ2v) is 3.66. The molecule has 0 aliphatic rings. The monoisotopic (exact) mass is 205 g/mol. The summed E-state index contributed by atoms with van der Waals surface area (Å²) in [6.45, 7) is 4.44. The van der Waals surface area contributed by atoms with Crippen molar-refractivity contribution in [2.75, 3.05) is 27.2 Å². The first-order valence-electron chi connectivity index (χ1n) is 4.10. The van der Waals surface area contributed by atoms with Crippen molar-refractivity contribution in [3.63, 3.8) is 0 Å². The van der Waals surface area contributed by atoms with Gasteiger partial charge in [-0.05, 0) is 27.9 Å². The molecule has 0 fully saturated rings. The molecule has 0 aromatic carbocycles. The van der Waals surface area contributed by atoms with Crippen LogP contribution < -0.4 is 0 Å². The minimum atomic E-state index is -0.339. The molecule has 0 N–H and O–H groups in total. The molecule has 0 aromatic heterocycles. The fraction of sp³-hybridized carbons (Fsp3) is 0.667. The van der Waals surface area contributed by atoms with E-state index < -0.39 is 0 Å². The van der Waals surface area contributed by atoms with Crippen molar-refractivity contribution in [1.82, 2.24) is 4.90 Å². The molecule has 0 aliphatic heterocycles. The third kappa shape index (κ3) is 5.66. The van der Waals surface area contributed by atoms with E-state index in [-0.39, 0.29) is 5.97 Å². The highest BCUT2D eigenvalue weighted by molar-refractivity contribution is 6.31. The van der Waals surface area contributed by atoms with Gasteiger partial charge in [0.1, 0.15) is 6.61 Å². The Labute approximate surface area is 84.3 Å². The topological polar surface area (TPSA) is 29.5 Å². The fourth-order valence-corrected chi connectivity index (χ4v) is 0.647. The molecule has 4 heteroatoms. The molecule has 0 saturated carbocycles. The molecule has 0 radical (unpaired) electrons. The van der Waals surface area contributed by atoms with Crippen molar-refractivity contribution in [2.24, 2.45) is 0 Å². The summed E-state index contributed by atoms with van der Waals surface area (Å²) < 4.78 is 4.95. The zero-order chi connectivity index (χ0) is 10.4. The largest absolute Gasteiger partial charge is 0.461 e. The van der Waals surface area contributed by atoms with Crippen LogP contribution in [-0.4, -0.2) is 38.1 Å². The lowest BCUT2D eigenvalue weighted by molar-refractivity contribution is -0.139. The first kappa shape index (κ1) is 12.5. The number of hydrogen-bond acceptors (Lipinski definition) is 3. The van der Waals surface area contributed by atoms with Gasteiger partial charge < -0.3 is 9.64 Å². The Kier molecular flexibility index (Phi) is 5.75. The van der Waals surface area contributed by atoms with Crippen LogP contribution in [-0.2, 0) is 9.53 Å². The molecule has 0 amide bonds. The second kappa shape index (κ2) is 6.00. The summed E-state index contributed by atoms with van der Waals surface area (Å²) in [5.74, 6) is -0.339. The molecule has 3 nitrogen and oxygen atoms in total. The van der Waals surface area contributed by atoms with E-state index in [4.69, 9.17) is 16.3 Å². The van der Waals surface area contributed by atoms with Crippen LogP contribution in [0.25, 0.3) is 0 Å². The first-order valence-corrected chi connectivity index (χ1v) is 4.47. The lowest BCUT2D eigenvalue weighted by Gasteiger charge is -2.10. The number of rotatable bonds is 4. The third-order valence-electron chi connectivity index (χ3n) is 1.59. The highest BCUT2D eigenvalue weighted by Crippen LogP contribution is 2.08. The molecule has 0 spiro atoms. The molecule has 76 valence electrons. The number of hydrogen-bond donors (Lipinski definition) is 0. The van der Waals surface area contributed by atoms with Crippen molar-refractivity contribution in [2.45, 2.75) is 13.8 Å². The van der Waals surface area contributed by atoms with E-state index in [2.05, 4.69) is 0 Å². The predicted molar refractivity (Wildman–Crippen MR) is 53.7 cm³/mol. The van der Waals surface area contributed by atoms with E-state index in [1.54, 1.807) is 13.8 Å². The Hall–Kier alpha value is -0.540. The maximum absolute atomic E-state index is 11.2. The first-order chi connectivity index (χ1) is 5.95. The van der Waals surface area contributed by atoms with Gasteiger partial charge in [-0.2, -0.15) is 0 Å². The second-order valence-electron chi connectivity index (χ2n) is 3.10. The summed E-state index contributed by atoms with van der Waals surface area (Å²) in [6.07, 6.45) is 0. The number of carbonyl (C=O) groups is 1. The number of likely N-dealkylation sites (N-methyl/N-ethyl adjacent to an activating group) is 1. The van der Waals surface area contributed by atoms with Gasteiger partial charge in [0, 0.05) is 17.2 Å². The SMILES string of the molecule is CC(Cl)=C(C)C(=O)OCCN(C)C. The number of ether oxygens (including phenoxy) is 1. The van der Waals surface area contributed by atoms with Crippen LogP contribution in [0.15, 0.2) is 10.6 Å². The molecule has 0 aromatic rings. The Bertz CT molecular complexity index is 208. The molecule has 0 rings (SSSR count). The van der Waals surface area contributed by atoms with Crippen LogP contribution in [0.4, 0.5) is 0 Å². The van der Waals surface area contributed by atoms with Gasteiger partial charge in [-0.15, -0.1) is 0 Å². The molecule has 0 aliphatic carbocycles. The summed E-state index contributed by atoms with van der Waals surface area (Å²) in [7, 11) is 3.84. The maximum Gasteiger partial charge on any atom is 0.334 e. The molecule has 0 heterocycles. The van der Waals surface area contributed by atoms with E-state index in [0.717, 1.165) is 6.54 Å². The third-order valence-corrected chi connectivity index (χ3v) is 1.88. The average Bonchev–Trinajstić information content (AvgIpc) is 2.02. The van der Waals surface area contributed by atoms with Gasteiger partial charge in [0.25, 0.3) is 0 Å². The van der Waals surface area contributed by atoms with Crippen molar-refractivity contribution in [3.8, 4) is 0 Å². The lowest BCUT2D eigenvalue weighted by Crippen LogP contribution is -2.20. The van der Waals surface area contributed by atoms with Crippen molar-refractivity contribution in [1.29, 1.82) is 0 Å². The van der Waals surface area contributed by atoms with Crippen LogP contribution in [0, 0.1) is 0 Å². The zero-order valence-corrected chi connectivity index (χ0v) is 9.31. The van der Waals surface area contributed by atoms with Crippen LogP contribution in [0.5, 0.6) is 0 Å². The van der Waals surface area contributed by atoms with E-state index in [1.807, 2.05) is 19.0 Å². The summed E-state index contributed by atoms with van der Waals surface area (Å²) in [5, 5.41) is 0.481. The van der Waals surface area contributed by atoms with Gasteiger partial charge >= 0.3 is 5.97 Å². The number of allylic oxidation sites excluding steroid dienone is 1. The van der Waals surface area contributed by atoms with Gasteiger partial charge in [0.05, 0.1) is 0 Å². The van der Waals surface area contributed by atoms with Crippen molar-refractivity contribution < 1.29 is 9.53 Å². The van der Waals surface area contributed by atoms with Crippen molar-refractivity contribution in [3.05, 3.63) is 10.6 Å². The molecule has 0 saturated heterocycles. The zero-order valence-electron chi connectivity index (χ0n) is 8.56. The molecular weight excluding hydrogens is 190 g/mol.